The summed E-state index contributed by atoms with van der Waals surface area (Å²) in [5.74, 6) is -0.0850. The fourth-order valence-corrected chi connectivity index (χ4v) is 3.21. The van der Waals surface area contributed by atoms with E-state index in [1.165, 1.54) is 3.57 Å². The molecule has 0 unspecified atom stereocenters. The molecule has 0 atom stereocenters. The van der Waals surface area contributed by atoms with E-state index in [1.54, 1.807) is 6.20 Å². The number of hydrogen-bond donors (Lipinski definition) is 2. The third kappa shape index (κ3) is 3.30. The molecule has 1 heterocycles. The van der Waals surface area contributed by atoms with Gasteiger partial charge < -0.3 is 10.6 Å². The van der Waals surface area contributed by atoms with Gasteiger partial charge in [-0.3, -0.25) is 4.79 Å². The van der Waals surface area contributed by atoms with Gasteiger partial charge in [-0.15, -0.1) is 0 Å². The number of amides is 1. The number of fused-ring (bicyclic) bond motifs is 1. The highest BCUT2D eigenvalue weighted by atomic mass is 127. The second-order valence-corrected chi connectivity index (χ2v) is 7.04. The minimum absolute atomic E-state index is 0.0850. The third-order valence-electron chi connectivity index (χ3n) is 4.14. The summed E-state index contributed by atoms with van der Waals surface area (Å²) in [7, 11) is 0. The number of benzene rings is 3. The first kappa shape index (κ1) is 15.9. The van der Waals surface area contributed by atoms with Gasteiger partial charge in [-0.1, -0.05) is 42.5 Å². The first-order chi connectivity index (χ1) is 12.2. The lowest BCUT2D eigenvalue weighted by Gasteiger charge is -2.05. The van der Waals surface area contributed by atoms with E-state index in [2.05, 4.69) is 45.4 Å². The molecule has 3 aromatic carbocycles. The van der Waals surface area contributed by atoms with Crippen molar-refractivity contribution in [3.8, 4) is 11.1 Å². The Morgan fingerprint density at radius 3 is 2.40 bits per heavy atom. The summed E-state index contributed by atoms with van der Waals surface area (Å²) in [5.41, 5.74) is 5.59. The molecule has 0 saturated carbocycles. The average Bonchev–Trinajstić information content (AvgIpc) is 2.96. The number of hydrogen-bond acceptors (Lipinski definition) is 2. The van der Waals surface area contributed by atoms with Gasteiger partial charge in [-0.25, -0.2) is 0 Å². The fraction of sp³-hybridized carbons (Fsp3) is 0. The van der Waals surface area contributed by atoms with E-state index in [9.17, 15) is 4.79 Å². The zero-order chi connectivity index (χ0) is 17.2. The molecule has 1 aliphatic heterocycles. The molecule has 1 aliphatic rings. The van der Waals surface area contributed by atoms with Crippen molar-refractivity contribution in [3.05, 3.63) is 88.1 Å². The van der Waals surface area contributed by atoms with Crippen LogP contribution in [0.3, 0.4) is 0 Å². The van der Waals surface area contributed by atoms with Crippen LogP contribution in [0.5, 0.6) is 0 Å². The second kappa shape index (κ2) is 6.72. The van der Waals surface area contributed by atoms with Gasteiger partial charge in [0.2, 0.25) is 0 Å². The van der Waals surface area contributed by atoms with Crippen LogP contribution in [0.2, 0.25) is 0 Å². The van der Waals surface area contributed by atoms with E-state index in [0.29, 0.717) is 5.57 Å². The number of anilines is 2. The van der Waals surface area contributed by atoms with Gasteiger partial charge >= 0.3 is 0 Å². The number of carbonyl (C=O) groups is 1. The molecule has 3 nitrogen and oxygen atoms in total. The molecule has 0 saturated heterocycles. The molecular weight excluding hydrogens is 423 g/mol. The maximum Gasteiger partial charge on any atom is 0.257 e. The Bertz CT molecular complexity index is 963. The topological polar surface area (TPSA) is 41.1 Å². The van der Waals surface area contributed by atoms with Gasteiger partial charge in [0.25, 0.3) is 5.91 Å². The van der Waals surface area contributed by atoms with E-state index in [0.717, 1.165) is 28.1 Å². The molecule has 4 rings (SSSR count). The largest absolute Gasteiger partial charge is 0.361 e. The van der Waals surface area contributed by atoms with Crippen LogP contribution in [0.4, 0.5) is 11.4 Å². The Balaban J connectivity index is 1.63. The molecule has 25 heavy (non-hydrogen) atoms. The lowest BCUT2D eigenvalue weighted by Crippen LogP contribution is -2.05. The Labute approximate surface area is 159 Å². The smallest absolute Gasteiger partial charge is 0.257 e. The van der Waals surface area contributed by atoms with Crippen LogP contribution in [0.15, 0.2) is 79.0 Å². The first-order valence-electron chi connectivity index (χ1n) is 7.94. The molecule has 1 amide bonds. The molecular formula is C21H15IN2O. The molecule has 4 heteroatoms. The first-order valence-corrected chi connectivity index (χ1v) is 9.02. The Hall–Kier alpha value is -2.60. The number of rotatable bonds is 3. The van der Waals surface area contributed by atoms with Crippen LogP contribution in [0.25, 0.3) is 16.7 Å². The van der Waals surface area contributed by atoms with Gasteiger partial charge in [0.05, 0.1) is 5.57 Å². The molecule has 122 valence electrons. The zero-order valence-electron chi connectivity index (χ0n) is 13.3. The van der Waals surface area contributed by atoms with Crippen molar-refractivity contribution in [2.45, 2.75) is 0 Å². The van der Waals surface area contributed by atoms with E-state index in [1.807, 2.05) is 60.7 Å². The lowest BCUT2D eigenvalue weighted by molar-refractivity contribution is -0.110. The highest BCUT2D eigenvalue weighted by molar-refractivity contribution is 14.1. The van der Waals surface area contributed by atoms with Crippen molar-refractivity contribution < 1.29 is 4.79 Å². The van der Waals surface area contributed by atoms with E-state index < -0.39 is 0 Å². The van der Waals surface area contributed by atoms with Crippen molar-refractivity contribution in [2.24, 2.45) is 0 Å². The van der Waals surface area contributed by atoms with Gasteiger partial charge in [0.1, 0.15) is 0 Å². The molecule has 0 fully saturated rings. The fourth-order valence-electron chi connectivity index (χ4n) is 2.85. The quantitative estimate of drug-likeness (QED) is 0.427. The van der Waals surface area contributed by atoms with Gasteiger partial charge in [-0.05, 0) is 64.0 Å². The van der Waals surface area contributed by atoms with Crippen LogP contribution in [0, 0.1) is 3.57 Å². The van der Waals surface area contributed by atoms with Crippen LogP contribution in [0.1, 0.15) is 5.56 Å². The third-order valence-corrected chi connectivity index (χ3v) is 4.86. The maximum absolute atomic E-state index is 12.3. The minimum atomic E-state index is -0.0850. The predicted octanol–water partition coefficient (Wildman–Crippen LogP) is 5.36. The number of carbonyl (C=O) groups excluding carboxylic acids is 1. The Morgan fingerprint density at radius 1 is 0.880 bits per heavy atom. The summed E-state index contributed by atoms with van der Waals surface area (Å²) in [6.07, 6.45) is 1.77. The number of nitrogens with one attached hydrogen (secondary N) is 2. The predicted molar refractivity (Wildman–Crippen MR) is 111 cm³/mol. The molecule has 2 N–H and O–H groups in total. The normalized spacial score (nSPS) is 14.3. The van der Waals surface area contributed by atoms with Crippen molar-refractivity contribution in [3.63, 3.8) is 0 Å². The molecule has 0 spiro atoms. The van der Waals surface area contributed by atoms with Crippen molar-refractivity contribution in [2.75, 3.05) is 10.6 Å². The van der Waals surface area contributed by atoms with E-state index >= 15 is 0 Å². The average molecular weight is 438 g/mol. The van der Waals surface area contributed by atoms with E-state index in [-0.39, 0.29) is 5.91 Å². The SMILES string of the molecule is O=C1Nc2cc(-c3ccccc3)ccc2C1=CNc1ccc(I)cc1. The summed E-state index contributed by atoms with van der Waals surface area (Å²) < 4.78 is 1.17. The van der Waals surface area contributed by atoms with Crippen LogP contribution >= 0.6 is 22.6 Å². The lowest BCUT2D eigenvalue weighted by atomic mass is 10.0. The summed E-state index contributed by atoms with van der Waals surface area (Å²) in [6, 6.07) is 24.2. The van der Waals surface area contributed by atoms with Crippen molar-refractivity contribution in [1.29, 1.82) is 0 Å². The Morgan fingerprint density at radius 2 is 1.64 bits per heavy atom. The van der Waals surface area contributed by atoms with Gasteiger partial charge in [0, 0.05) is 26.7 Å². The molecule has 3 aromatic rings. The highest BCUT2D eigenvalue weighted by Gasteiger charge is 2.24. The summed E-state index contributed by atoms with van der Waals surface area (Å²) in [4.78, 5) is 12.3. The molecule has 0 bridgehead atoms. The number of halogens is 1. The van der Waals surface area contributed by atoms with Crippen molar-refractivity contribution in [1.82, 2.24) is 0 Å². The van der Waals surface area contributed by atoms with Crippen LogP contribution < -0.4 is 10.6 Å². The van der Waals surface area contributed by atoms with Crippen LogP contribution in [-0.2, 0) is 4.79 Å². The molecule has 0 radical (unpaired) electrons. The van der Waals surface area contributed by atoms with Gasteiger partial charge in [-0.2, -0.15) is 0 Å². The summed E-state index contributed by atoms with van der Waals surface area (Å²) in [5, 5.41) is 6.16. The highest BCUT2D eigenvalue weighted by Crippen LogP contribution is 2.35. The van der Waals surface area contributed by atoms with Crippen LogP contribution in [-0.4, -0.2) is 5.91 Å². The second-order valence-electron chi connectivity index (χ2n) is 5.79. The monoisotopic (exact) mass is 438 g/mol. The minimum Gasteiger partial charge on any atom is -0.361 e. The molecule has 0 aliphatic carbocycles. The van der Waals surface area contributed by atoms with Gasteiger partial charge in [0.15, 0.2) is 0 Å². The zero-order valence-corrected chi connectivity index (χ0v) is 15.4. The van der Waals surface area contributed by atoms with E-state index in [4.69, 9.17) is 0 Å². The van der Waals surface area contributed by atoms with Crippen molar-refractivity contribution >= 4 is 45.4 Å². The maximum atomic E-state index is 12.3. The summed E-state index contributed by atoms with van der Waals surface area (Å²) in [6.45, 7) is 0. The Kier molecular flexibility index (Phi) is 4.28. The summed E-state index contributed by atoms with van der Waals surface area (Å²) >= 11 is 2.27. The standard InChI is InChI=1S/C21H15IN2O/c22-16-7-9-17(10-8-16)23-13-19-18-11-6-15(12-20(18)24-21(19)25)14-4-2-1-3-5-14/h1-13,23H,(H,24,25). The molecule has 0 aromatic heterocycles.